The Labute approximate surface area is 146 Å². The van der Waals surface area contributed by atoms with Crippen LogP contribution in [0.25, 0.3) is 0 Å². The van der Waals surface area contributed by atoms with Crippen LogP contribution in [-0.2, 0) is 11.6 Å². The molecule has 0 bridgehead atoms. The fourth-order valence-corrected chi connectivity index (χ4v) is 4.88. The average Bonchev–Trinajstić information content (AvgIpc) is 2.53. The number of aromatic hydroxyl groups is 1. The third-order valence-electron chi connectivity index (χ3n) is 3.37. The zero-order chi connectivity index (χ0) is 15.9. The third-order valence-corrected chi connectivity index (χ3v) is 6.30. The molecule has 2 aromatic rings. The van der Waals surface area contributed by atoms with Crippen molar-refractivity contribution in [1.29, 1.82) is 0 Å². The van der Waals surface area contributed by atoms with Crippen molar-refractivity contribution in [2.75, 3.05) is 14.2 Å². The van der Waals surface area contributed by atoms with Crippen LogP contribution < -0.4 is 9.47 Å². The molecule has 0 atom stereocenters. The Balaban J connectivity index is 1.95. The molecular formula is C17H19AsBrO3. The Morgan fingerprint density at radius 3 is 2.45 bits per heavy atom. The molecule has 1 radical (unpaired) electrons. The number of methoxy groups -OCH3 is 2. The first-order valence-electron chi connectivity index (χ1n) is 6.96. The molecule has 0 heterocycles. The molecule has 0 saturated carbocycles. The summed E-state index contributed by atoms with van der Waals surface area (Å²) >= 11 is 3.62. The van der Waals surface area contributed by atoms with Crippen LogP contribution >= 0.6 is 15.9 Å². The molecule has 117 valence electrons. The number of para-hydroxylation sites is 1. The first kappa shape index (κ1) is 17.2. The van der Waals surface area contributed by atoms with Gasteiger partial charge in [0.05, 0.1) is 0 Å². The molecule has 0 fully saturated rings. The number of phenolic OH excluding ortho intramolecular Hbond substituents is 1. The predicted octanol–water partition coefficient (Wildman–Crippen LogP) is 4.04. The summed E-state index contributed by atoms with van der Waals surface area (Å²) in [6, 6.07) is 11.6. The van der Waals surface area contributed by atoms with E-state index in [1.807, 2.05) is 30.3 Å². The Bertz CT molecular complexity index is 631. The summed E-state index contributed by atoms with van der Waals surface area (Å²) in [4.78, 5) is 0. The maximum atomic E-state index is 9.78. The van der Waals surface area contributed by atoms with Crippen LogP contribution in [0.2, 0.25) is 5.21 Å². The molecule has 0 aliphatic carbocycles. The van der Waals surface area contributed by atoms with E-state index in [-0.39, 0.29) is 15.8 Å². The number of rotatable bonds is 7. The van der Waals surface area contributed by atoms with Gasteiger partial charge < -0.3 is 0 Å². The van der Waals surface area contributed by atoms with Crippen molar-refractivity contribution in [3.8, 4) is 17.2 Å². The van der Waals surface area contributed by atoms with Crippen molar-refractivity contribution in [3.63, 3.8) is 0 Å². The predicted molar refractivity (Wildman–Crippen MR) is 93.3 cm³/mol. The summed E-state index contributed by atoms with van der Waals surface area (Å²) in [5.41, 5.74) is 2.21. The first-order chi connectivity index (χ1) is 10.7. The van der Waals surface area contributed by atoms with Crippen molar-refractivity contribution in [2.24, 2.45) is 0 Å². The normalized spacial score (nSPS) is 11.0. The van der Waals surface area contributed by atoms with E-state index in [9.17, 15) is 5.11 Å². The molecule has 0 aliphatic heterocycles. The van der Waals surface area contributed by atoms with Crippen LogP contribution in [0.3, 0.4) is 0 Å². The van der Waals surface area contributed by atoms with Gasteiger partial charge in [0.15, 0.2) is 0 Å². The number of benzene rings is 2. The van der Waals surface area contributed by atoms with E-state index in [0.29, 0.717) is 5.75 Å². The van der Waals surface area contributed by atoms with Gasteiger partial charge >= 0.3 is 147 Å². The molecule has 0 unspecified atom stereocenters. The van der Waals surface area contributed by atoms with E-state index < -0.39 is 0 Å². The molecule has 1 N–H and O–H groups in total. The van der Waals surface area contributed by atoms with Crippen LogP contribution in [0, 0.1) is 0 Å². The molecule has 0 saturated heterocycles. The van der Waals surface area contributed by atoms with Gasteiger partial charge in [-0.25, -0.2) is 0 Å². The second-order valence-corrected chi connectivity index (χ2v) is 8.18. The first-order valence-corrected chi connectivity index (χ1v) is 10.4. The minimum atomic E-state index is 0.146. The van der Waals surface area contributed by atoms with E-state index in [1.54, 1.807) is 20.3 Å². The van der Waals surface area contributed by atoms with Gasteiger partial charge in [0.25, 0.3) is 0 Å². The molecule has 2 aromatic carbocycles. The molecular weight excluding hydrogens is 407 g/mol. The molecule has 0 spiro atoms. The van der Waals surface area contributed by atoms with Gasteiger partial charge in [0.2, 0.25) is 0 Å². The number of hydrogen-bond donors (Lipinski definition) is 1. The van der Waals surface area contributed by atoms with Gasteiger partial charge in [0.1, 0.15) is 0 Å². The molecule has 22 heavy (non-hydrogen) atoms. The Hall–Kier alpha value is -1.12. The van der Waals surface area contributed by atoms with Gasteiger partial charge in [-0.1, -0.05) is 0 Å². The van der Waals surface area contributed by atoms with Crippen LogP contribution in [0.15, 0.2) is 40.9 Å². The molecule has 0 aromatic heterocycles. The summed E-state index contributed by atoms with van der Waals surface area (Å²) in [6.07, 6.45) is 0.959. The fourth-order valence-electron chi connectivity index (χ4n) is 2.16. The van der Waals surface area contributed by atoms with Gasteiger partial charge in [-0.15, -0.1) is 0 Å². The van der Waals surface area contributed by atoms with E-state index in [1.165, 1.54) is 0 Å². The second kappa shape index (κ2) is 8.50. The summed E-state index contributed by atoms with van der Waals surface area (Å²) in [5.74, 6) is 2.12. The maximum absolute atomic E-state index is 9.78. The van der Waals surface area contributed by atoms with Crippen LogP contribution in [-0.4, -0.2) is 35.1 Å². The minimum absolute atomic E-state index is 0.146. The summed E-state index contributed by atoms with van der Waals surface area (Å²) in [5, 5.41) is 11.9. The van der Waals surface area contributed by atoms with Crippen molar-refractivity contribution in [3.05, 3.63) is 52.0 Å². The SMILES string of the molecule is COc1cc(CC[As]Cc2ccccc2O)c(OC)cc1Br. The second-order valence-electron chi connectivity index (χ2n) is 4.78. The van der Waals surface area contributed by atoms with Gasteiger partial charge in [-0.2, -0.15) is 0 Å². The number of halogens is 1. The summed E-state index contributed by atoms with van der Waals surface area (Å²) < 4.78 is 11.7. The molecule has 3 nitrogen and oxygen atoms in total. The van der Waals surface area contributed by atoms with Crippen molar-refractivity contribution < 1.29 is 14.6 Å². The molecule has 0 aliphatic rings. The van der Waals surface area contributed by atoms with Gasteiger partial charge in [-0.3, -0.25) is 0 Å². The van der Waals surface area contributed by atoms with Crippen molar-refractivity contribution >= 4 is 31.7 Å². The third kappa shape index (κ3) is 4.44. The van der Waals surface area contributed by atoms with E-state index in [0.717, 1.165) is 43.9 Å². The summed E-state index contributed by atoms with van der Waals surface area (Å²) in [6.45, 7) is 0. The molecule has 2 rings (SSSR count). The number of ether oxygens (including phenoxy) is 2. The van der Waals surface area contributed by atoms with E-state index in [2.05, 4.69) is 15.9 Å². The standard InChI is InChI=1S/C17H19AsBrO3/c1-21-16-10-14(19)17(22-2)9-12(16)7-8-18-11-13-5-3-4-6-15(13)20/h3-6,9-10,20H,7-8,11H2,1-2H3. The quantitative estimate of drug-likeness (QED) is 0.537. The Morgan fingerprint density at radius 2 is 1.77 bits per heavy atom. The van der Waals surface area contributed by atoms with Gasteiger partial charge in [-0.05, 0) is 0 Å². The zero-order valence-electron chi connectivity index (χ0n) is 12.7. The Morgan fingerprint density at radius 1 is 1.05 bits per heavy atom. The van der Waals surface area contributed by atoms with Crippen LogP contribution in [0.5, 0.6) is 17.2 Å². The van der Waals surface area contributed by atoms with Crippen molar-refractivity contribution in [2.45, 2.75) is 16.8 Å². The van der Waals surface area contributed by atoms with E-state index >= 15 is 0 Å². The van der Waals surface area contributed by atoms with Crippen LogP contribution in [0.4, 0.5) is 0 Å². The summed E-state index contributed by atoms with van der Waals surface area (Å²) in [7, 11) is 3.36. The Kier molecular flexibility index (Phi) is 6.66. The van der Waals surface area contributed by atoms with Gasteiger partial charge in [0, 0.05) is 0 Å². The number of hydrogen-bond acceptors (Lipinski definition) is 3. The average molecular weight is 426 g/mol. The number of phenols is 1. The van der Waals surface area contributed by atoms with Crippen molar-refractivity contribution in [1.82, 2.24) is 0 Å². The van der Waals surface area contributed by atoms with Crippen LogP contribution in [0.1, 0.15) is 11.1 Å². The zero-order valence-corrected chi connectivity index (χ0v) is 16.1. The topological polar surface area (TPSA) is 38.7 Å². The monoisotopic (exact) mass is 425 g/mol. The van der Waals surface area contributed by atoms with E-state index in [4.69, 9.17) is 9.47 Å². The molecule has 0 amide bonds. The fraction of sp³-hybridized carbons (Fsp3) is 0.294. The molecule has 5 heteroatoms. The number of aryl methyl sites for hydroxylation is 1.